The van der Waals surface area contributed by atoms with Gasteiger partial charge in [0.1, 0.15) is 0 Å². The predicted octanol–water partition coefficient (Wildman–Crippen LogP) is 2.83. The molecule has 0 aliphatic carbocycles. The van der Waals surface area contributed by atoms with Crippen LogP contribution in [0.1, 0.15) is 12.0 Å². The standard InChI is InChI=1S/C6H2BrF3N2O2/c7-3-2(5(9)10)1-11-6(4(3)8)12(13)14/h1,5H. The van der Waals surface area contributed by atoms with Crippen LogP contribution in [0.2, 0.25) is 0 Å². The van der Waals surface area contributed by atoms with E-state index in [1.807, 2.05) is 0 Å². The summed E-state index contributed by atoms with van der Waals surface area (Å²) in [5.74, 6) is -2.48. The molecule has 0 amide bonds. The van der Waals surface area contributed by atoms with Crippen molar-refractivity contribution in [1.82, 2.24) is 4.98 Å². The van der Waals surface area contributed by atoms with Crippen LogP contribution in [-0.4, -0.2) is 9.91 Å². The molecule has 8 heteroatoms. The van der Waals surface area contributed by atoms with Crippen molar-refractivity contribution in [2.45, 2.75) is 6.43 Å². The topological polar surface area (TPSA) is 56.0 Å². The summed E-state index contributed by atoms with van der Waals surface area (Å²) in [6.45, 7) is 0. The number of pyridine rings is 1. The second-order valence-corrected chi connectivity index (χ2v) is 3.02. The Balaban J connectivity index is 3.33. The molecule has 1 rings (SSSR count). The van der Waals surface area contributed by atoms with Crippen LogP contribution < -0.4 is 0 Å². The van der Waals surface area contributed by atoms with Crippen molar-refractivity contribution in [3.63, 3.8) is 0 Å². The number of halogens is 4. The monoisotopic (exact) mass is 270 g/mol. The first-order chi connectivity index (χ1) is 6.45. The first-order valence-electron chi connectivity index (χ1n) is 3.21. The lowest BCUT2D eigenvalue weighted by atomic mass is 10.3. The molecule has 0 aromatic carbocycles. The second kappa shape index (κ2) is 3.91. The minimum absolute atomic E-state index is 0.565. The molecule has 0 aliphatic heterocycles. The van der Waals surface area contributed by atoms with Gasteiger partial charge in [-0.1, -0.05) is 0 Å². The van der Waals surface area contributed by atoms with Crippen molar-refractivity contribution in [1.29, 1.82) is 0 Å². The van der Waals surface area contributed by atoms with Gasteiger partial charge in [0.05, 0.1) is 10.0 Å². The van der Waals surface area contributed by atoms with Gasteiger partial charge in [-0.3, -0.25) is 0 Å². The number of nitrogens with zero attached hydrogens (tertiary/aromatic N) is 2. The summed E-state index contributed by atoms with van der Waals surface area (Å²) in [5, 5.41) is 10.1. The highest BCUT2D eigenvalue weighted by molar-refractivity contribution is 9.10. The summed E-state index contributed by atoms with van der Waals surface area (Å²) in [6, 6.07) is 0. The molecule has 1 aromatic heterocycles. The summed E-state index contributed by atoms with van der Waals surface area (Å²) in [5.41, 5.74) is -0.715. The number of alkyl halides is 2. The van der Waals surface area contributed by atoms with Gasteiger partial charge in [-0.15, -0.1) is 0 Å². The highest BCUT2D eigenvalue weighted by Gasteiger charge is 2.25. The van der Waals surface area contributed by atoms with Gasteiger partial charge in [0.25, 0.3) is 6.43 Å². The molecule has 0 spiro atoms. The van der Waals surface area contributed by atoms with E-state index >= 15 is 0 Å². The number of nitro groups is 1. The molecular weight excluding hydrogens is 269 g/mol. The minimum atomic E-state index is -2.94. The average molecular weight is 271 g/mol. The third-order valence-corrected chi connectivity index (χ3v) is 2.18. The summed E-state index contributed by atoms with van der Waals surface area (Å²) in [7, 11) is 0. The smallest absolute Gasteiger partial charge is 0.358 e. The van der Waals surface area contributed by atoms with Crippen molar-refractivity contribution in [3.8, 4) is 0 Å². The van der Waals surface area contributed by atoms with Crippen LogP contribution in [0.15, 0.2) is 10.7 Å². The van der Waals surface area contributed by atoms with Gasteiger partial charge in [-0.05, 0) is 25.8 Å². The van der Waals surface area contributed by atoms with Gasteiger partial charge < -0.3 is 10.1 Å². The Morgan fingerprint density at radius 2 is 2.14 bits per heavy atom. The van der Waals surface area contributed by atoms with Crippen LogP contribution in [0.25, 0.3) is 0 Å². The van der Waals surface area contributed by atoms with Crippen LogP contribution in [0.3, 0.4) is 0 Å². The Hall–Kier alpha value is -1.18. The molecule has 0 aliphatic rings. The molecule has 0 saturated heterocycles. The molecule has 76 valence electrons. The molecule has 0 radical (unpaired) electrons. The molecule has 0 N–H and O–H groups in total. The molecule has 0 atom stereocenters. The lowest BCUT2D eigenvalue weighted by Crippen LogP contribution is -2.00. The molecule has 0 unspecified atom stereocenters. The molecule has 1 aromatic rings. The van der Waals surface area contributed by atoms with Crippen LogP contribution in [0.5, 0.6) is 0 Å². The Morgan fingerprint density at radius 3 is 2.57 bits per heavy atom. The Morgan fingerprint density at radius 1 is 1.57 bits per heavy atom. The maximum Gasteiger partial charge on any atom is 0.400 e. The SMILES string of the molecule is O=[N+]([O-])c1ncc(C(F)F)c(Br)c1F. The van der Waals surface area contributed by atoms with Crippen LogP contribution >= 0.6 is 15.9 Å². The van der Waals surface area contributed by atoms with E-state index in [0.29, 0.717) is 6.20 Å². The van der Waals surface area contributed by atoms with Gasteiger partial charge in [-0.2, -0.15) is 4.39 Å². The Labute approximate surface area is 84.0 Å². The largest absolute Gasteiger partial charge is 0.400 e. The van der Waals surface area contributed by atoms with E-state index in [-0.39, 0.29) is 0 Å². The van der Waals surface area contributed by atoms with E-state index < -0.39 is 33.0 Å². The first-order valence-corrected chi connectivity index (χ1v) is 4.01. The highest BCUT2D eigenvalue weighted by atomic mass is 79.9. The van der Waals surface area contributed by atoms with E-state index in [1.165, 1.54) is 0 Å². The molecule has 0 bridgehead atoms. The third kappa shape index (κ3) is 1.84. The zero-order valence-corrected chi connectivity index (χ0v) is 7.96. The van der Waals surface area contributed by atoms with Gasteiger partial charge in [-0.25, -0.2) is 8.78 Å². The van der Waals surface area contributed by atoms with Crippen molar-refractivity contribution < 1.29 is 18.1 Å². The van der Waals surface area contributed by atoms with Crippen LogP contribution in [0, 0.1) is 15.9 Å². The number of hydrogen-bond acceptors (Lipinski definition) is 3. The average Bonchev–Trinajstić information content (AvgIpc) is 2.08. The van der Waals surface area contributed by atoms with Crippen molar-refractivity contribution in [3.05, 3.63) is 32.2 Å². The summed E-state index contributed by atoms with van der Waals surface area (Å²) < 4.78 is 36.6. The van der Waals surface area contributed by atoms with Crippen molar-refractivity contribution in [2.24, 2.45) is 0 Å². The normalized spacial score (nSPS) is 10.6. The molecule has 14 heavy (non-hydrogen) atoms. The van der Waals surface area contributed by atoms with Crippen LogP contribution in [-0.2, 0) is 0 Å². The summed E-state index contributed by atoms with van der Waals surface area (Å²) in [6.07, 6.45) is -2.37. The fraction of sp³-hybridized carbons (Fsp3) is 0.167. The number of aromatic nitrogens is 1. The first kappa shape index (κ1) is 10.9. The van der Waals surface area contributed by atoms with Gasteiger partial charge >= 0.3 is 5.82 Å². The van der Waals surface area contributed by atoms with Crippen molar-refractivity contribution >= 4 is 21.7 Å². The Bertz CT molecular complexity index is 386. The maximum atomic E-state index is 13.0. The number of hydrogen-bond donors (Lipinski definition) is 0. The van der Waals surface area contributed by atoms with E-state index in [1.54, 1.807) is 0 Å². The van der Waals surface area contributed by atoms with Gasteiger partial charge in [0.15, 0.2) is 6.20 Å². The van der Waals surface area contributed by atoms with E-state index in [9.17, 15) is 23.3 Å². The summed E-state index contributed by atoms with van der Waals surface area (Å²) >= 11 is 2.50. The molecule has 1 heterocycles. The molecule has 4 nitrogen and oxygen atoms in total. The predicted molar refractivity (Wildman–Crippen MR) is 43.5 cm³/mol. The lowest BCUT2D eigenvalue weighted by Gasteiger charge is -2.01. The highest BCUT2D eigenvalue weighted by Crippen LogP contribution is 2.31. The van der Waals surface area contributed by atoms with Gasteiger partial charge in [0, 0.05) is 0 Å². The fourth-order valence-corrected chi connectivity index (χ4v) is 1.20. The van der Waals surface area contributed by atoms with E-state index in [0.717, 1.165) is 0 Å². The minimum Gasteiger partial charge on any atom is -0.358 e. The lowest BCUT2D eigenvalue weighted by molar-refractivity contribution is -0.392. The fourth-order valence-electron chi connectivity index (χ4n) is 0.748. The Kier molecular flexibility index (Phi) is 3.04. The number of rotatable bonds is 2. The summed E-state index contributed by atoms with van der Waals surface area (Å²) in [4.78, 5) is 12.0. The van der Waals surface area contributed by atoms with Crippen LogP contribution in [0.4, 0.5) is 19.0 Å². The van der Waals surface area contributed by atoms with E-state index in [4.69, 9.17) is 0 Å². The third-order valence-electron chi connectivity index (χ3n) is 1.38. The molecule has 0 fully saturated rings. The quantitative estimate of drug-likeness (QED) is 0.613. The zero-order chi connectivity index (χ0) is 10.9. The zero-order valence-electron chi connectivity index (χ0n) is 6.38. The maximum absolute atomic E-state index is 13.0. The van der Waals surface area contributed by atoms with Gasteiger partial charge in [0.2, 0.25) is 5.82 Å². The second-order valence-electron chi connectivity index (χ2n) is 2.22. The van der Waals surface area contributed by atoms with Crippen molar-refractivity contribution in [2.75, 3.05) is 0 Å². The van der Waals surface area contributed by atoms with E-state index in [2.05, 4.69) is 20.9 Å². The molecular formula is C6H2BrF3N2O2. The molecule has 0 saturated carbocycles.